The lowest BCUT2D eigenvalue weighted by Crippen LogP contribution is -2.44. The molecule has 3 N–H and O–H groups in total. The molecule has 1 aromatic heterocycles. The molecule has 0 bridgehead atoms. The zero-order chi connectivity index (χ0) is 26.6. The Bertz CT molecular complexity index is 1210. The van der Waals surface area contributed by atoms with Gasteiger partial charge in [0.15, 0.2) is 20.8 Å². The number of aliphatic hydroxyl groups excluding tert-OH is 1. The number of rotatable bonds is 10. The number of anilines is 2. The Hall–Kier alpha value is -2.48. The Morgan fingerprint density at radius 1 is 1.30 bits per heavy atom. The molecule has 2 aromatic rings. The number of nitrogens with zero attached hydrogens (tertiary/aromatic N) is 3. The number of hydrogen-bond donors (Lipinski definition) is 3. The fourth-order valence-corrected chi connectivity index (χ4v) is 6.60. The molecule has 9 nitrogen and oxygen atoms in total. The van der Waals surface area contributed by atoms with Crippen molar-refractivity contribution >= 4 is 38.7 Å². The maximum atomic E-state index is 13.2. The quantitative estimate of drug-likeness (QED) is 0.378. The molecule has 4 rings (SSSR count). The van der Waals surface area contributed by atoms with Gasteiger partial charge >= 0.3 is 0 Å². The molecule has 2 aliphatic rings. The minimum absolute atomic E-state index is 0.0545. The normalized spacial score (nSPS) is 19.1. The Kier molecular flexibility index (Phi) is 8.56. The third-order valence-corrected chi connectivity index (χ3v) is 9.41. The fraction of sp³-hybridized carbons (Fsp3) is 0.542. The number of thiocarbonyl (C=S) groups is 1. The summed E-state index contributed by atoms with van der Waals surface area (Å²) in [7, 11) is -3.53. The largest absolute Gasteiger partial charge is 0.396 e. The SMILES string of the molecule is C[C@H]1COCCN1c1cc(C2(S(=O)(=O)CCCO)CC2)nc(-c2ccc(NC(=S)NCC(F)F)cc2)n1. The van der Waals surface area contributed by atoms with Gasteiger partial charge in [-0.05, 0) is 62.7 Å². The van der Waals surface area contributed by atoms with Gasteiger partial charge in [0.2, 0.25) is 0 Å². The number of aromatic nitrogens is 2. The standard InChI is InChI=1S/C24H31F2N5O4S2/c1-16-15-35-11-9-31(16)21-13-19(24(7-8-24)37(33,34)12-2-10-32)29-22(30-21)17-3-5-18(6-4-17)28-23(36)27-14-20(25)26/h3-6,13,16,20,32H,2,7-12,14-15H2,1H3,(H2,27,28,36)/t16-/m0/s1. The average Bonchev–Trinajstić information content (AvgIpc) is 3.70. The molecule has 13 heteroatoms. The molecule has 1 atom stereocenters. The summed E-state index contributed by atoms with van der Waals surface area (Å²) in [5, 5.41) is 14.6. The lowest BCUT2D eigenvalue weighted by molar-refractivity contribution is 0.0985. The van der Waals surface area contributed by atoms with Crippen molar-refractivity contribution < 1.29 is 27.0 Å². The summed E-state index contributed by atoms with van der Waals surface area (Å²) in [6.07, 6.45) is -1.39. The Morgan fingerprint density at radius 2 is 2.03 bits per heavy atom. The zero-order valence-corrected chi connectivity index (χ0v) is 22.1. The number of alkyl halides is 2. The van der Waals surface area contributed by atoms with Crippen LogP contribution in [0.4, 0.5) is 20.3 Å². The van der Waals surface area contributed by atoms with E-state index in [1.54, 1.807) is 30.3 Å². The van der Waals surface area contributed by atoms with Gasteiger partial charge in [-0.25, -0.2) is 27.2 Å². The molecule has 202 valence electrons. The Balaban J connectivity index is 1.66. The van der Waals surface area contributed by atoms with Crippen LogP contribution >= 0.6 is 12.2 Å². The first-order chi connectivity index (χ1) is 17.6. The van der Waals surface area contributed by atoms with Crippen molar-refractivity contribution in [1.29, 1.82) is 0 Å². The van der Waals surface area contributed by atoms with Gasteiger partial charge in [-0.15, -0.1) is 0 Å². The molecule has 0 amide bonds. The van der Waals surface area contributed by atoms with Gasteiger partial charge in [0, 0.05) is 30.5 Å². The van der Waals surface area contributed by atoms with Crippen LogP contribution in [0.5, 0.6) is 0 Å². The van der Waals surface area contributed by atoms with Crippen LogP contribution in [0.15, 0.2) is 30.3 Å². The molecule has 1 aromatic carbocycles. The molecule has 0 unspecified atom stereocenters. The first-order valence-electron chi connectivity index (χ1n) is 12.2. The number of aliphatic hydroxyl groups is 1. The van der Waals surface area contributed by atoms with E-state index in [0.29, 0.717) is 61.2 Å². The molecule has 2 fully saturated rings. The number of morpholine rings is 1. The number of benzene rings is 1. The zero-order valence-electron chi connectivity index (χ0n) is 20.5. The first kappa shape index (κ1) is 27.6. The van der Waals surface area contributed by atoms with Crippen LogP contribution in [0.1, 0.15) is 31.9 Å². The predicted molar refractivity (Wildman–Crippen MR) is 142 cm³/mol. The summed E-state index contributed by atoms with van der Waals surface area (Å²) in [6, 6.07) is 8.82. The topological polar surface area (TPSA) is 117 Å². The van der Waals surface area contributed by atoms with Gasteiger partial charge in [0.25, 0.3) is 6.43 Å². The summed E-state index contributed by atoms with van der Waals surface area (Å²) in [5.74, 6) is 0.921. The van der Waals surface area contributed by atoms with Crippen molar-refractivity contribution in [2.24, 2.45) is 0 Å². The molecule has 37 heavy (non-hydrogen) atoms. The van der Waals surface area contributed by atoms with Crippen molar-refractivity contribution in [1.82, 2.24) is 15.3 Å². The summed E-state index contributed by atoms with van der Waals surface area (Å²) in [5.41, 5.74) is 1.73. The van der Waals surface area contributed by atoms with Crippen LogP contribution in [0.25, 0.3) is 11.4 Å². The summed E-state index contributed by atoms with van der Waals surface area (Å²) in [4.78, 5) is 11.6. The number of halogens is 2. The van der Waals surface area contributed by atoms with Gasteiger partial charge in [-0.2, -0.15) is 0 Å². The molecule has 0 spiro atoms. The Labute approximate surface area is 220 Å². The number of nitrogens with one attached hydrogen (secondary N) is 2. The number of hydrogen-bond acceptors (Lipinski definition) is 8. The van der Waals surface area contributed by atoms with Crippen LogP contribution in [-0.4, -0.2) is 79.7 Å². The monoisotopic (exact) mass is 555 g/mol. The van der Waals surface area contributed by atoms with E-state index in [-0.39, 0.29) is 29.9 Å². The van der Waals surface area contributed by atoms with Gasteiger partial charge in [-0.1, -0.05) is 0 Å². The smallest absolute Gasteiger partial charge is 0.255 e. The summed E-state index contributed by atoms with van der Waals surface area (Å²) >= 11 is 5.04. The minimum Gasteiger partial charge on any atom is -0.396 e. The van der Waals surface area contributed by atoms with Crippen molar-refractivity contribution in [3.05, 3.63) is 36.0 Å². The van der Waals surface area contributed by atoms with E-state index in [4.69, 9.17) is 26.9 Å². The lowest BCUT2D eigenvalue weighted by Gasteiger charge is -2.34. The predicted octanol–water partition coefficient (Wildman–Crippen LogP) is 2.71. The van der Waals surface area contributed by atoms with Gasteiger partial charge in [-0.3, -0.25) is 0 Å². The molecule has 1 aliphatic heterocycles. The van der Waals surface area contributed by atoms with Crippen LogP contribution in [0.2, 0.25) is 0 Å². The summed E-state index contributed by atoms with van der Waals surface area (Å²) in [6.45, 7) is 2.98. The molecule has 1 saturated heterocycles. The van der Waals surface area contributed by atoms with E-state index in [2.05, 4.69) is 15.5 Å². The van der Waals surface area contributed by atoms with E-state index in [9.17, 15) is 22.3 Å². The van der Waals surface area contributed by atoms with Gasteiger partial charge < -0.3 is 25.4 Å². The van der Waals surface area contributed by atoms with E-state index < -0.39 is 27.6 Å². The highest BCUT2D eigenvalue weighted by atomic mass is 32.2. The second kappa shape index (κ2) is 11.5. The minimum atomic E-state index is -3.53. The maximum Gasteiger partial charge on any atom is 0.255 e. The van der Waals surface area contributed by atoms with E-state index in [1.807, 2.05) is 6.92 Å². The molecule has 2 heterocycles. The lowest BCUT2D eigenvalue weighted by atomic mass is 10.1. The molecule has 0 radical (unpaired) electrons. The highest BCUT2D eigenvalue weighted by Crippen LogP contribution is 2.53. The number of sulfone groups is 1. The average molecular weight is 556 g/mol. The molecular weight excluding hydrogens is 524 g/mol. The van der Waals surface area contributed by atoms with Crippen molar-refractivity contribution in [3.8, 4) is 11.4 Å². The van der Waals surface area contributed by atoms with Crippen LogP contribution < -0.4 is 15.5 Å². The highest BCUT2D eigenvalue weighted by molar-refractivity contribution is 7.92. The second-order valence-corrected chi connectivity index (χ2v) is 12.1. The molecule has 1 aliphatic carbocycles. The van der Waals surface area contributed by atoms with Crippen molar-refractivity contribution in [2.45, 2.75) is 43.4 Å². The maximum absolute atomic E-state index is 13.2. The summed E-state index contributed by atoms with van der Waals surface area (Å²) < 4.78 is 55.8. The van der Waals surface area contributed by atoms with E-state index in [0.717, 1.165) is 0 Å². The second-order valence-electron chi connectivity index (χ2n) is 9.25. The van der Waals surface area contributed by atoms with E-state index >= 15 is 0 Å². The first-order valence-corrected chi connectivity index (χ1v) is 14.2. The van der Waals surface area contributed by atoms with Gasteiger partial charge in [0.1, 0.15) is 10.6 Å². The third kappa shape index (κ3) is 6.33. The molecule has 1 saturated carbocycles. The van der Waals surface area contributed by atoms with Crippen LogP contribution in [0, 0.1) is 0 Å². The highest BCUT2D eigenvalue weighted by Gasteiger charge is 2.56. The Morgan fingerprint density at radius 3 is 2.65 bits per heavy atom. The molecular formula is C24H31F2N5O4S2. The van der Waals surface area contributed by atoms with Crippen LogP contribution in [0.3, 0.4) is 0 Å². The van der Waals surface area contributed by atoms with Crippen molar-refractivity contribution in [3.63, 3.8) is 0 Å². The van der Waals surface area contributed by atoms with Crippen LogP contribution in [-0.2, 0) is 19.3 Å². The van der Waals surface area contributed by atoms with Gasteiger partial charge in [0.05, 0.1) is 37.2 Å². The fourth-order valence-electron chi connectivity index (χ4n) is 4.35. The van der Waals surface area contributed by atoms with E-state index in [1.165, 1.54) is 0 Å². The van der Waals surface area contributed by atoms with Crippen molar-refractivity contribution in [2.75, 3.05) is 48.9 Å². The number of ether oxygens (including phenoxy) is 1. The third-order valence-electron chi connectivity index (χ3n) is 6.53.